The van der Waals surface area contributed by atoms with E-state index in [4.69, 9.17) is 0 Å². The molecule has 0 radical (unpaired) electrons. The zero-order valence-corrected chi connectivity index (χ0v) is 3.86. The molecule has 0 amide bonds. The normalized spacial score (nSPS) is 3.00. The minimum absolute atomic E-state index is 0. The molecule has 0 atom stereocenters. The van der Waals surface area contributed by atoms with Crippen LogP contribution in [0.2, 0.25) is 0 Å². The van der Waals surface area contributed by atoms with Crippen molar-refractivity contribution in [2.75, 3.05) is 0 Å². The minimum atomic E-state index is 0. The van der Waals surface area contributed by atoms with Gasteiger partial charge in [0, 0.05) is 20.4 Å². The first-order chi connectivity index (χ1) is 1.41. The van der Waals surface area contributed by atoms with Crippen molar-refractivity contribution in [2.24, 2.45) is 0 Å². The van der Waals surface area contributed by atoms with Crippen LogP contribution in [0.1, 0.15) is 0 Å². The summed E-state index contributed by atoms with van der Waals surface area (Å²) in [5.74, 6) is 0. The summed E-state index contributed by atoms with van der Waals surface area (Å²) in [5, 5.41) is 0. The Balaban J connectivity index is 0. The predicted molar refractivity (Wildman–Crippen MR) is 15.6 cm³/mol. The van der Waals surface area contributed by atoms with Gasteiger partial charge in [0.2, 0.25) is 0 Å². The molecular weight excluding hydrogens is 142 g/mol. The summed E-state index contributed by atoms with van der Waals surface area (Å²) in [5.41, 5.74) is 0. The van der Waals surface area contributed by atoms with Gasteiger partial charge in [-0.25, -0.2) is 19.6 Å². The standard InChI is InChI=1S/C3H5.Pd/c1-3-2;/h3H,1-2H2;/q-1;. The topological polar surface area (TPSA) is 0 Å². The number of hydrogen-bond donors (Lipinski definition) is 0. The van der Waals surface area contributed by atoms with Crippen molar-refractivity contribution in [1.29, 1.82) is 0 Å². The molecule has 4 heavy (non-hydrogen) atoms. The second-order valence-electron chi connectivity index (χ2n) is 0.289. The minimum Gasteiger partial charge on any atom is -0.245 e. The third-order valence-corrected chi connectivity index (χ3v) is 0. The van der Waals surface area contributed by atoms with Gasteiger partial charge >= 0.3 is 0 Å². The molecule has 0 aromatic rings. The van der Waals surface area contributed by atoms with Crippen molar-refractivity contribution >= 4 is 0 Å². The summed E-state index contributed by atoms with van der Waals surface area (Å²) in [6.45, 7) is 6.50. The van der Waals surface area contributed by atoms with Gasteiger partial charge in [0.15, 0.2) is 0 Å². The Hall–Kier alpha value is 0.272. The van der Waals surface area contributed by atoms with Crippen LogP contribution < -0.4 is 0 Å². The molecule has 0 N–H and O–H groups in total. The smallest absolute Gasteiger partial charge is 0 e. The first-order valence-corrected chi connectivity index (χ1v) is 0.816. The molecule has 0 saturated carbocycles. The van der Waals surface area contributed by atoms with E-state index in [9.17, 15) is 0 Å². The molecule has 0 fully saturated rings. The Morgan fingerprint density at radius 1 is 1.75 bits per heavy atom. The van der Waals surface area contributed by atoms with Crippen LogP contribution in [0.3, 0.4) is 0 Å². The van der Waals surface area contributed by atoms with Gasteiger partial charge in [0.25, 0.3) is 0 Å². The van der Waals surface area contributed by atoms with Gasteiger partial charge in [-0.05, 0) is 0 Å². The summed E-state index contributed by atoms with van der Waals surface area (Å²) in [7, 11) is 0. The van der Waals surface area contributed by atoms with Crippen LogP contribution in [0.4, 0.5) is 0 Å². The summed E-state index contributed by atoms with van der Waals surface area (Å²) in [6.07, 6.45) is 1.50. The Morgan fingerprint density at radius 3 is 1.75 bits per heavy atom. The maximum absolute atomic E-state index is 3.25. The van der Waals surface area contributed by atoms with Gasteiger partial charge in [0.1, 0.15) is 0 Å². The van der Waals surface area contributed by atoms with Gasteiger partial charge < -0.3 is 0 Å². The summed E-state index contributed by atoms with van der Waals surface area (Å²) in [6, 6.07) is 0. The molecule has 0 heterocycles. The molecule has 0 spiro atoms. The van der Waals surface area contributed by atoms with E-state index in [1.165, 1.54) is 6.08 Å². The maximum Gasteiger partial charge on any atom is 0 e. The van der Waals surface area contributed by atoms with E-state index in [1.807, 2.05) is 0 Å². The van der Waals surface area contributed by atoms with Crippen molar-refractivity contribution in [1.82, 2.24) is 0 Å². The van der Waals surface area contributed by atoms with Crippen LogP contribution in [0, 0.1) is 6.92 Å². The zero-order chi connectivity index (χ0) is 2.71. The molecule has 0 aliphatic rings. The zero-order valence-electron chi connectivity index (χ0n) is 2.31. The van der Waals surface area contributed by atoms with Crippen molar-refractivity contribution < 1.29 is 20.4 Å². The average molecular weight is 147 g/mol. The molecule has 0 aliphatic carbocycles. The second-order valence-corrected chi connectivity index (χ2v) is 0.289. The van der Waals surface area contributed by atoms with E-state index in [-0.39, 0.29) is 20.4 Å². The third-order valence-electron chi connectivity index (χ3n) is 0. The molecule has 1 heteroatoms. The van der Waals surface area contributed by atoms with E-state index < -0.39 is 0 Å². The van der Waals surface area contributed by atoms with Crippen LogP contribution in [0.15, 0.2) is 12.7 Å². The Kier molecular flexibility index (Phi) is 23.1. The van der Waals surface area contributed by atoms with Gasteiger partial charge in [-0.3, -0.25) is 0 Å². The fraction of sp³-hybridized carbons (Fsp3) is 0. The summed E-state index contributed by atoms with van der Waals surface area (Å²) >= 11 is 0. The van der Waals surface area contributed by atoms with Crippen LogP contribution in [-0.2, 0) is 20.4 Å². The molecule has 0 aliphatic heterocycles. The van der Waals surface area contributed by atoms with E-state index in [0.29, 0.717) is 0 Å². The van der Waals surface area contributed by atoms with E-state index in [2.05, 4.69) is 13.5 Å². The quantitative estimate of drug-likeness (QED) is 0.354. The number of hydrogen-bond acceptors (Lipinski definition) is 0. The monoisotopic (exact) mass is 147 g/mol. The van der Waals surface area contributed by atoms with Gasteiger partial charge in [0.05, 0.1) is 0 Å². The first kappa shape index (κ1) is 8.86. The van der Waals surface area contributed by atoms with Crippen molar-refractivity contribution in [3.05, 3.63) is 19.6 Å². The molecule has 0 nitrogen and oxygen atoms in total. The fourth-order valence-corrected chi connectivity index (χ4v) is 0. The van der Waals surface area contributed by atoms with E-state index in [1.54, 1.807) is 0 Å². The number of allylic oxidation sites excluding steroid dienone is 1. The van der Waals surface area contributed by atoms with Gasteiger partial charge in [-0.1, -0.05) is 0 Å². The molecule has 28 valence electrons. The summed E-state index contributed by atoms with van der Waals surface area (Å²) in [4.78, 5) is 0. The van der Waals surface area contributed by atoms with Crippen molar-refractivity contribution in [3.63, 3.8) is 0 Å². The van der Waals surface area contributed by atoms with Crippen LogP contribution in [0.25, 0.3) is 0 Å². The van der Waals surface area contributed by atoms with E-state index >= 15 is 0 Å². The van der Waals surface area contributed by atoms with Crippen molar-refractivity contribution in [2.45, 2.75) is 0 Å². The van der Waals surface area contributed by atoms with Crippen molar-refractivity contribution in [3.8, 4) is 0 Å². The molecule has 0 bridgehead atoms. The molecule has 0 unspecified atom stereocenters. The first-order valence-electron chi connectivity index (χ1n) is 0.816. The molecular formula is C3H5Pd-. The molecule has 0 aromatic carbocycles. The Labute approximate surface area is 40.6 Å². The molecule has 0 saturated heterocycles. The van der Waals surface area contributed by atoms with Crippen LogP contribution in [-0.4, -0.2) is 0 Å². The predicted octanol–water partition coefficient (Wildman–Crippen LogP) is 1.00. The number of rotatable bonds is 0. The largest absolute Gasteiger partial charge is 0.245 e. The van der Waals surface area contributed by atoms with Crippen LogP contribution in [0.5, 0.6) is 0 Å². The second kappa shape index (κ2) is 10.4. The SMILES string of the molecule is C=C[CH2-].[Pd]. The van der Waals surface area contributed by atoms with Crippen LogP contribution >= 0.6 is 0 Å². The molecule has 0 aromatic heterocycles. The summed E-state index contributed by atoms with van der Waals surface area (Å²) < 4.78 is 0. The average Bonchev–Trinajstić information content (AvgIpc) is 0.918. The maximum atomic E-state index is 3.25. The Bertz CT molecular complexity index is 10.8. The van der Waals surface area contributed by atoms with Gasteiger partial charge in [-0.2, -0.15) is 0 Å². The Morgan fingerprint density at radius 2 is 1.75 bits per heavy atom. The van der Waals surface area contributed by atoms with Gasteiger partial charge in [-0.15, -0.1) is 0 Å². The van der Waals surface area contributed by atoms with E-state index in [0.717, 1.165) is 0 Å². The third kappa shape index (κ3) is 49.6. The molecule has 0 rings (SSSR count). The fourth-order valence-electron chi connectivity index (χ4n) is 0.